The van der Waals surface area contributed by atoms with Crippen LogP contribution in [0.3, 0.4) is 0 Å². The molecule has 0 radical (unpaired) electrons. The fourth-order valence-corrected chi connectivity index (χ4v) is 1.92. The van der Waals surface area contributed by atoms with E-state index in [4.69, 9.17) is 9.47 Å². The topological polar surface area (TPSA) is 52.6 Å². The first-order valence-corrected chi connectivity index (χ1v) is 8.18. The van der Waals surface area contributed by atoms with Crippen LogP contribution >= 0.6 is 0 Å². The number of hydrogen-bond donors (Lipinski definition) is 0. The van der Waals surface area contributed by atoms with Crippen LogP contribution < -0.4 is 0 Å². The van der Waals surface area contributed by atoms with E-state index in [0.29, 0.717) is 6.42 Å². The zero-order chi connectivity index (χ0) is 16.3. The summed E-state index contributed by atoms with van der Waals surface area (Å²) in [6.07, 6.45) is 5.05. The lowest BCUT2D eigenvalue weighted by molar-refractivity contribution is -0.156. The third-order valence-electron chi connectivity index (χ3n) is 3.42. The van der Waals surface area contributed by atoms with Gasteiger partial charge in [-0.3, -0.25) is 9.59 Å². The van der Waals surface area contributed by atoms with Crippen LogP contribution in [0.25, 0.3) is 0 Å². The molecule has 4 nitrogen and oxygen atoms in total. The zero-order valence-electron chi connectivity index (χ0n) is 14.4. The van der Waals surface area contributed by atoms with Gasteiger partial charge in [0.2, 0.25) is 0 Å². The maximum Gasteiger partial charge on any atom is 0.308 e. The number of esters is 2. The number of unbranched alkanes of at least 4 members (excludes halogenated alkanes) is 1. The van der Waals surface area contributed by atoms with Crippen LogP contribution in [0.4, 0.5) is 0 Å². The first kappa shape index (κ1) is 19.9. The Hall–Kier alpha value is -1.06. The van der Waals surface area contributed by atoms with E-state index in [1.807, 2.05) is 27.7 Å². The van der Waals surface area contributed by atoms with Crippen LogP contribution in [0.15, 0.2) is 0 Å². The molecule has 0 aliphatic heterocycles. The summed E-state index contributed by atoms with van der Waals surface area (Å²) < 4.78 is 10.6. The van der Waals surface area contributed by atoms with E-state index in [1.54, 1.807) is 0 Å². The fraction of sp³-hybridized carbons (Fsp3) is 0.882. The molecule has 0 aromatic rings. The second-order valence-electron chi connectivity index (χ2n) is 6.43. The summed E-state index contributed by atoms with van der Waals surface area (Å²) >= 11 is 0. The largest absolute Gasteiger partial charge is 0.465 e. The third-order valence-corrected chi connectivity index (χ3v) is 3.42. The monoisotopic (exact) mass is 300 g/mol. The molecule has 0 saturated carbocycles. The number of carbonyl (C=O) groups is 2. The third kappa shape index (κ3) is 9.48. The Morgan fingerprint density at radius 1 is 1.00 bits per heavy atom. The van der Waals surface area contributed by atoms with Crippen molar-refractivity contribution >= 4 is 11.9 Å². The molecule has 1 unspecified atom stereocenters. The van der Waals surface area contributed by atoms with Crippen LogP contribution in [-0.2, 0) is 19.1 Å². The Bertz CT molecular complexity index is 310. The Morgan fingerprint density at radius 3 is 2.14 bits per heavy atom. The molecule has 21 heavy (non-hydrogen) atoms. The molecule has 0 aromatic carbocycles. The van der Waals surface area contributed by atoms with Gasteiger partial charge in [-0.1, -0.05) is 47.5 Å². The van der Waals surface area contributed by atoms with Gasteiger partial charge < -0.3 is 9.47 Å². The van der Waals surface area contributed by atoms with E-state index in [2.05, 4.69) is 6.92 Å². The minimum absolute atomic E-state index is 0.0107. The Morgan fingerprint density at radius 2 is 1.62 bits per heavy atom. The van der Waals surface area contributed by atoms with Gasteiger partial charge in [0.1, 0.15) is 0 Å². The van der Waals surface area contributed by atoms with Gasteiger partial charge in [0.05, 0.1) is 19.1 Å². The van der Waals surface area contributed by atoms with Crippen LogP contribution in [-0.4, -0.2) is 25.2 Å². The molecule has 0 heterocycles. The maximum atomic E-state index is 12.0. The molecule has 0 amide bonds. The highest BCUT2D eigenvalue weighted by molar-refractivity contribution is 5.72. The molecule has 0 saturated heterocycles. The van der Waals surface area contributed by atoms with Crippen molar-refractivity contribution in [3.8, 4) is 0 Å². The van der Waals surface area contributed by atoms with Crippen molar-refractivity contribution in [3.63, 3.8) is 0 Å². The maximum absolute atomic E-state index is 12.0. The number of carbonyl (C=O) groups excluding carboxylic acids is 2. The van der Waals surface area contributed by atoms with Crippen molar-refractivity contribution in [3.05, 3.63) is 0 Å². The highest BCUT2D eigenvalue weighted by Gasteiger charge is 2.25. The molecular formula is C17H32O4. The number of rotatable bonds is 11. The van der Waals surface area contributed by atoms with Crippen molar-refractivity contribution in [2.24, 2.45) is 11.3 Å². The normalized spacial score (nSPS) is 12.8. The average Bonchev–Trinajstić information content (AvgIpc) is 2.44. The Labute approximate surface area is 129 Å². The van der Waals surface area contributed by atoms with Crippen molar-refractivity contribution in [1.82, 2.24) is 0 Å². The first-order chi connectivity index (χ1) is 9.86. The quantitative estimate of drug-likeness (QED) is 0.539. The molecular weight excluding hydrogens is 268 g/mol. The minimum atomic E-state index is -0.345. The molecule has 0 fully saturated rings. The van der Waals surface area contributed by atoms with E-state index < -0.39 is 0 Å². The first-order valence-electron chi connectivity index (χ1n) is 8.18. The summed E-state index contributed by atoms with van der Waals surface area (Å²) in [4.78, 5) is 23.4. The van der Waals surface area contributed by atoms with E-state index in [-0.39, 0.29) is 36.5 Å². The summed E-state index contributed by atoms with van der Waals surface area (Å²) in [7, 11) is 0. The summed E-state index contributed by atoms with van der Waals surface area (Å²) in [5.74, 6) is -0.325. The van der Waals surface area contributed by atoms with Gasteiger partial charge in [-0.15, -0.1) is 0 Å². The molecule has 4 heteroatoms. The standard InChI is InChI=1S/C17H32O4/c1-6-9-11-14(8-3)16(19)21-13-17(4,5)12-20-15(18)10-7-2/h14H,6-13H2,1-5H3. The van der Waals surface area contributed by atoms with Gasteiger partial charge in [-0.2, -0.15) is 0 Å². The van der Waals surface area contributed by atoms with Gasteiger partial charge >= 0.3 is 11.9 Å². The van der Waals surface area contributed by atoms with E-state index in [9.17, 15) is 9.59 Å². The van der Waals surface area contributed by atoms with E-state index >= 15 is 0 Å². The molecule has 1 atom stereocenters. The molecule has 124 valence electrons. The second kappa shape index (κ2) is 10.6. The summed E-state index contributed by atoms with van der Waals surface area (Å²) in [6, 6.07) is 0. The van der Waals surface area contributed by atoms with Gasteiger partial charge in [0.15, 0.2) is 0 Å². The van der Waals surface area contributed by atoms with Crippen LogP contribution in [0.1, 0.15) is 73.1 Å². The molecule has 0 aliphatic rings. The SMILES string of the molecule is CCCCC(CC)C(=O)OCC(C)(C)COC(=O)CCC. The molecule has 0 bridgehead atoms. The van der Waals surface area contributed by atoms with Crippen LogP contribution in [0.5, 0.6) is 0 Å². The second-order valence-corrected chi connectivity index (χ2v) is 6.43. The fourth-order valence-electron chi connectivity index (χ4n) is 1.92. The number of ether oxygens (including phenoxy) is 2. The Kier molecular flexibility index (Phi) is 10.1. The van der Waals surface area contributed by atoms with Crippen LogP contribution in [0.2, 0.25) is 0 Å². The van der Waals surface area contributed by atoms with E-state index in [1.165, 1.54) is 0 Å². The molecule has 0 rings (SSSR count). The average molecular weight is 300 g/mol. The van der Waals surface area contributed by atoms with Gasteiger partial charge in [0, 0.05) is 11.8 Å². The van der Waals surface area contributed by atoms with Gasteiger partial charge in [-0.25, -0.2) is 0 Å². The summed E-state index contributed by atoms with van der Waals surface area (Å²) in [5, 5.41) is 0. The van der Waals surface area contributed by atoms with E-state index in [0.717, 1.165) is 32.1 Å². The predicted octanol–water partition coefficient (Wildman–Crippen LogP) is 4.12. The van der Waals surface area contributed by atoms with Crippen molar-refractivity contribution in [2.75, 3.05) is 13.2 Å². The van der Waals surface area contributed by atoms with Crippen molar-refractivity contribution in [1.29, 1.82) is 0 Å². The minimum Gasteiger partial charge on any atom is -0.465 e. The summed E-state index contributed by atoms with van der Waals surface area (Å²) in [6.45, 7) is 10.5. The number of hydrogen-bond acceptors (Lipinski definition) is 4. The lowest BCUT2D eigenvalue weighted by Gasteiger charge is -2.25. The Balaban J connectivity index is 4.15. The lowest BCUT2D eigenvalue weighted by Crippen LogP contribution is -2.30. The van der Waals surface area contributed by atoms with Crippen molar-refractivity contribution < 1.29 is 19.1 Å². The van der Waals surface area contributed by atoms with Crippen LogP contribution in [0, 0.1) is 11.3 Å². The highest BCUT2D eigenvalue weighted by Crippen LogP contribution is 2.20. The lowest BCUT2D eigenvalue weighted by atomic mass is 9.95. The molecule has 0 aromatic heterocycles. The molecule has 0 aliphatic carbocycles. The predicted molar refractivity (Wildman–Crippen MR) is 83.9 cm³/mol. The van der Waals surface area contributed by atoms with Crippen molar-refractivity contribution in [2.45, 2.75) is 73.1 Å². The zero-order valence-corrected chi connectivity index (χ0v) is 14.4. The molecule has 0 N–H and O–H groups in total. The molecule has 0 spiro atoms. The smallest absolute Gasteiger partial charge is 0.308 e. The summed E-state index contributed by atoms with van der Waals surface area (Å²) in [5.41, 5.74) is -0.345. The highest BCUT2D eigenvalue weighted by atomic mass is 16.5. The van der Waals surface area contributed by atoms with Gasteiger partial charge in [-0.05, 0) is 19.3 Å². The van der Waals surface area contributed by atoms with Gasteiger partial charge in [0.25, 0.3) is 0 Å².